The number of para-hydroxylation sites is 1. The number of hydrogen-bond donors (Lipinski definition) is 0. The normalized spacial score (nSPS) is 17.4. The quantitative estimate of drug-likeness (QED) is 0.166. The van der Waals surface area contributed by atoms with Crippen LogP contribution >= 0.6 is 0 Å². The van der Waals surface area contributed by atoms with Gasteiger partial charge in [-0.2, -0.15) is 0 Å². The molecule has 0 amide bonds. The molecule has 65 heavy (non-hydrogen) atoms. The topological polar surface area (TPSA) is 12.5 Å². The molecule has 0 fully saturated rings. The predicted molar refractivity (Wildman–Crippen MR) is 269 cm³/mol. The van der Waals surface area contributed by atoms with Crippen LogP contribution in [-0.4, -0.2) is 0 Å². The highest BCUT2D eigenvalue weighted by Crippen LogP contribution is 2.66. The van der Waals surface area contributed by atoms with Crippen molar-refractivity contribution in [1.29, 1.82) is 0 Å². The molecule has 306 valence electrons. The first-order chi connectivity index (χ1) is 32.2. The largest absolute Gasteiger partial charge is 0.484 e. The lowest BCUT2D eigenvalue weighted by Gasteiger charge is -2.49. The van der Waals surface area contributed by atoms with Crippen LogP contribution in [-0.2, 0) is 5.41 Å². The van der Waals surface area contributed by atoms with Crippen molar-refractivity contribution in [2.24, 2.45) is 5.92 Å². The molecule has 0 aromatic heterocycles. The van der Waals surface area contributed by atoms with Gasteiger partial charge in [-0.25, -0.2) is 0 Å². The summed E-state index contributed by atoms with van der Waals surface area (Å²) in [5, 5.41) is 2.34. The lowest BCUT2D eigenvalue weighted by molar-refractivity contribution is 0.105. The van der Waals surface area contributed by atoms with Crippen LogP contribution in [0.15, 0.2) is 243 Å². The van der Waals surface area contributed by atoms with Crippen LogP contribution in [0, 0.1) is 5.92 Å². The summed E-state index contributed by atoms with van der Waals surface area (Å²) in [5.74, 6) is 1.02. The van der Waals surface area contributed by atoms with Crippen molar-refractivity contribution in [3.63, 3.8) is 0 Å². The molecule has 1 aliphatic heterocycles. The van der Waals surface area contributed by atoms with E-state index in [4.69, 9.17) is 4.74 Å². The van der Waals surface area contributed by atoms with Gasteiger partial charge in [0, 0.05) is 39.5 Å². The van der Waals surface area contributed by atoms with Crippen LogP contribution in [0.4, 0.5) is 17.1 Å². The van der Waals surface area contributed by atoms with Crippen molar-refractivity contribution in [3.05, 3.63) is 270 Å². The van der Waals surface area contributed by atoms with Gasteiger partial charge in [-0.15, -0.1) is 0 Å². The van der Waals surface area contributed by atoms with Crippen LogP contribution < -0.4 is 9.64 Å². The van der Waals surface area contributed by atoms with Gasteiger partial charge < -0.3 is 9.64 Å². The summed E-state index contributed by atoms with van der Waals surface area (Å²) in [5.41, 5.74) is 19.0. The van der Waals surface area contributed by atoms with E-state index in [1.54, 1.807) is 0 Å². The second-order valence-corrected chi connectivity index (χ2v) is 17.5. The molecule has 1 spiro atoms. The molecule has 3 atom stereocenters. The van der Waals surface area contributed by atoms with Gasteiger partial charge in [-0.05, 0) is 103 Å². The Morgan fingerprint density at radius 2 is 0.938 bits per heavy atom. The van der Waals surface area contributed by atoms with E-state index < -0.39 is 5.41 Å². The van der Waals surface area contributed by atoms with Gasteiger partial charge in [0.15, 0.2) is 0 Å². The molecule has 10 aromatic rings. The highest BCUT2D eigenvalue weighted by atomic mass is 16.5. The van der Waals surface area contributed by atoms with E-state index in [0.29, 0.717) is 0 Å². The van der Waals surface area contributed by atoms with Gasteiger partial charge in [0.2, 0.25) is 0 Å². The number of fused-ring (bicyclic) bond motifs is 13. The number of anilines is 3. The minimum Gasteiger partial charge on any atom is -0.484 e. The zero-order valence-electron chi connectivity index (χ0n) is 35.7. The zero-order valence-corrected chi connectivity index (χ0v) is 35.7. The molecule has 0 saturated heterocycles. The summed E-state index contributed by atoms with van der Waals surface area (Å²) in [4.78, 5) is 2.35. The fourth-order valence-electron chi connectivity index (χ4n) is 11.3. The molecule has 3 unspecified atom stereocenters. The zero-order chi connectivity index (χ0) is 42.9. The van der Waals surface area contributed by atoms with E-state index in [-0.39, 0.29) is 12.0 Å². The number of rotatable bonds is 6. The molecule has 0 radical (unpaired) electrons. The molecule has 13 rings (SSSR count). The first-order valence-electron chi connectivity index (χ1n) is 22.6. The summed E-state index contributed by atoms with van der Waals surface area (Å²) in [6, 6.07) is 86.4. The summed E-state index contributed by atoms with van der Waals surface area (Å²) < 4.78 is 7.31. The van der Waals surface area contributed by atoms with Crippen molar-refractivity contribution in [1.82, 2.24) is 0 Å². The first kappa shape index (κ1) is 37.4. The van der Waals surface area contributed by atoms with Crippen LogP contribution in [0.3, 0.4) is 0 Å². The maximum atomic E-state index is 7.31. The maximum Gasteiger partial charge on any atom is 0.132 e. The fraction of sp³-hybridized carbons (Fsp3) is 0.0476. The molecule has 3 aliphatic rings. The lowest BCUT2D eigenvalue weighted by Crippen LogP contribution is -2.45. The average molecular weight is 830 g/mol. The van der Waals surface area contributed by atoms with Gasteiger partial charge >= 0.3 is 0 Å². The van der Waals surface area contributed by atoms with Crippen molar-refractivity contribution in [2.75, 3.05) is 4.90 Å². The van der Waals surface area contributed by atoms with E-state index in [9.17, 15) is 0 Å². The van der Waals surface area contributed by atoms with Gasteiger partial charge in [0.25, 0.3) is 0 Å². The van der Waals surface area contributed by atoms with Gasteiger partial charge in [-0.3, -0.25) is 0 Å². The second kappa shape index (κ2) is 15.0. The third-order valence-electron chi connectivity index (χ3n) is 14.2. The Labute approximate surface area is 380 Å². The van der Waals surface area contributed by atoms with Crippen molar-refractivity contribution in [3.8, 4) is 50.3 Å². The summed E-state index contributed by atoms with van der Waals surface area (Å²) in [6.45, 7) is 0. The van der Waals surface area contributed by atoms with Crippen LogP contribution in [0.5, 0.6) is 5.75 Å². The Hall–Kier alpha value is -8.20. The monoisotopic (exact) mass is 829 g/mol. The van der Waals surface area contributed by atoms with Crippen LogP contribution in [0.2, 0.25) is 0 Å². The Morgan fingerprint density at radius 1 is 0.385 bits per heavy atom. The molecule has 10 aromatic carbocycles. The maximum absolute atomic E-state index is 7.31. The molecule has 0 bridgehead atoms. The molecular weight excluding hydrogens is 787 g/mol. The van der Waals surface area contributed by atoms with E-state index >= 15 is 0 Å². The Kier molecular flexibility index (Phi) is 8.60. The van der Waals surface area contributed by atoms with Crippen molar-refractivity contribution >= 4 is 33.9 Å². The van der Waals surface area contributed by atoms with Gasteiger partial charge in [0.05, 0.1) is 5.41 Å². The summed E-state index contributed by atoms with van der Waals surface area (Å²) >= 11 is 0. The highest BCUT2D eigenvalue weighted by molar-refractivity contribution is 5.98. The summed E-state index contributed by atoms with van der Waals surface area (Å²) in [7, 11) is 0. The van der Waals surface area contributed by atoms with Crippen molar-refractivity contribution in [2.45, 2.75) is 11.5 Å². The van der Waals surface area contributed by atoms with E-state index in [0.717, 1.165) is 28.2 Å². The molecule has 2 heteroatoms. The highest BCUT2D eigenvalue weighted by Gasteiger charge is 2.57. The fourth-order valence-corrected chi connectivity index (χ4v) is 11.3. The molecule has 2 aliphatic carbocycles. The Morgan fingerprint density at radius 3 is 1.69 bits per heavy atom. The Bertz CT molecular complexity index is 3450. The third-order valence-corrected chi connectivity index (χ3v) is 14.2. The van der Waals surface area contributed by atoms with Crippen molar-refractivity contribution < 1.29 is 4.74 Å². The predicted octanol–water partition coefficient (Wildman–Crippen LogP) is 16.4. The minimum atomic E-state index is -0.478. The second-order valence-electron chi connectivity index (χ2n) is 17.5. The molecular formula is C63H43NO. The molecule has 0 saturated carbocycles. The van der Waals surface area contributed by atoms with Crippen LogP contribution in [0.25, 0.3) is 61.4 Å². The number of benzene rings is 10. The SMILES string of the molecule is C1=CC2C(Oc3c(ccc4ccccc34)C23c2ccccc2-c2c(-c4ccc(N(c5ccccc5)c5ccc(-c6ccc(-c7ccccc7)cc6)cc5)cc4)cccc23)c2ccccc21. The molecule has 0 N–H and O–H groups in total. The average Bonchev–Trinajstić information content (AvgIpc) is 3.68. The van der Waals surface area contributed by atoms with E-state index in [1.165, 1.54) is 77.7 Å². The third kappa shape index (κ3) is 5.81. The number of hydrogen-bond acceptors (Lipinski definition) is 2. The smallest absolute Gasteiger partial charge is 0.132 e. The Balaban J connectivity index is 0.919. The van der Waals surface area contributed by atoms with Gasteiger partial charge in [-0.1, -0.05) is 212 Å². The summed E-state index contributed by atoms with van der Waals surface area (Å²) in [6.07, 6.45) is 4.60. The number of ether oxygens (including phenoxy) is 1. The lowest BCUT2D eigenvalue weighted by atomic mass is 9.58. The van der Waals surface area contributed by atoms with Gasteiger partial charge in [0.1, 0.15) is 11.9 Å². The number of nitrogens with zero attached hydrogens (tertiary/aromatic N) is 1. The standard InChI is InChI=1S/C63H43NO/c1-3-14-42(15-4-1)43-26-28-44(29-27-43)45-30-36-50(37-31-45)64(49-18-5-2-6-19-49)51-38-32-48(33-39-51)52-23-13-25-57-60(52)55-22-11-12-24-56(55)63(57)58-40-34-46-16-7-9-20-53(46)61(58)65-62-54-21-10-8-17-47(54)35-41-59(62)63/h1-41,58,61H. The van der Waals surface area contributed by atoms with E-state index in [2.05, 4.69) is 254 Å². The molecule has 2 nitrogen and oxygen atoms in total. The first-order valence-corrected chi connectivity index (χ1v) is 22.6. The van der Waals surface area contributed by atoms with E-state index in [1.807, 2.05) is 0 Å². The molecule has 1 heterocycles. The minimum absolute atomic E-state index is 0.0329. The van der Waals surface area contributed by atoms with Crippen LogP contribution in [0.1, 0.15) is 33.9 Å².